The molecular formula is C12H10N2S2. The standard InChI is InChI=1S/C12H10N2S2/c1-2-6-11-10(5-1)12(16-14-11)13-8-9-4-3-7-15-9/h1-7,13H,8H2. The van der Waals surface area contributed by atoms with E-state index < -0.39 is 0 Å². The van der Waals surface area contributed by atoms with E-state index in [0.29, 0.717) is 0 Å². The Kier molecular flexibility index (Phi) is 2.60. The third-order valence-corrected chi connectivity index (χ3v) is 4.10. The third-order valence-electron chi connectivity index (χ3n) is 2.39. The molecule has 0 aliphatic carbocycles. The summed E-state index contributed by atoms with van der Waals surface area (Å²) in [6.07, 6.45) is 0. The predicted molar refractivity (Wildman–Crippen MR) is 71.3 cm³/mol. The lowest BCUT2D eigenvalue weighted by Crippen LogP contribution is -1.94. The van der Waals surface area contributed by atoms with Crippen molar-refractivity contribution in [2.45, 2.75) is 6.54 Å². The first-order chi connectivity index (χ1) is 7.93. The van der Waals surface area contributed by atoms with E-state index in [9.17, 15) is 0 Å². The maximum atomic E-state index is 4.40. The molecule has 16 heavy (non-hydrogen) atoms. The molecule has 2 heterocycles. The van der Waals surface area contributed by atoms with Crippen LogP contribution in [0.1, 0.15) is 4.88 Å². The number of nitrogens with zero attached hydrogens (tertiary/aromatic N) is 1. The van der Waals surface area contributed by atoms with Crippen molar-refractivity contribution in [3.05, 3.63) is 46.7 Å². The maximum absolute atomic E-state index is 4.40. The summed E-state index contributed by atoms with van der Waals surface area (Å²) in [7, 11) is 0. The Bertz CT molecular complexity index is 584. The van der Waals surface area contributed by atoms with Crippen LogP contribution < -0.4 is 5.32 Å². The van der Waals surface area contributed by atoms with E-state index >= 15 is 0 Å². The molecule has 0 spiro atoms. The van der Waals surface area contributed by atoms with E-state index in [1.54, 1.807) is 11.3 Å². The Balaban J connectivity index is 1.84. The molecule has 1 N–H and O–H groups in total. The zero-order chi connectivity index (χ0) is 10.8. The summed E-state index contributed by atoms with van der Waals surface area (Å²) >= 11 is 3.30. The highest BCUT2D eigenvalue weighted by molar-refractivity contribution is 7.12. The molecule has 0 aliphatic heterocycles. The zero-order valence-corrected chi connectivity index (χ0v) is 10.1. The van der Waals surface area contributed by atoms with Crippen molar-refractivity contribution in [1.82, 2.24) is 4.37 Å². The van der Waals surface area contributed by atoms with Crippen molar-refractivity contribution in [3.8, 4) is 0 Å². The highest BCUT2D eigenvalue weighted by Crippen LogP contribution is 2.27. The van der Waals surface area contributed by atoms with Crippen LogP contribution in [0, 0.1) is 0 Å². The highest BCUT2D eigenvalue weighted by Gasteiger charge is 2.04. The van der Waals surface area contributed by atoms with Crippen LogP contribution in [0.4, 0.5) is 5.00 Å². The predicted octanol–water partition coefficient (Wildman–Crippen LogP) is 3.97. The first-order valence-electron chi connectivity index (χ1n) is 5.04. The molecule has 0 aliphatic rings. The van der Waals surface area contributed by atoms with Gasteiger partial charge in [-0.05, 0) is 35.1 Å². The van der Waals surface area contributed by atoms with Gasteiger partial charge in [0.1, 0.15) is 5.00 Å². The number of fused-ring (bicyclic) bond motifs is 1. The Morgan fingerprint density at radius 2 is 2.06 bits per heavy atom. The minimum Gasteiger partial charge on any atom is -0.370 e. The van der Waals surface area contributed by atoms with E-state index in [2.05, 4.69) is 33.3 Å². The van der Waals surface area contributed by atoms with Crippen LogP contribution in [0.25, 0.3) is 10.9 Å². The van der Waals surface area contributed by atoms with Crippen LogP contribution in [0.3, 0.4) is 0 Å². The fourth-order valence-corrected chi connectivity index (χ4v) is 3.00. The smallest absolute Gasteiger partial charge is 0.117 e. The summed E-state index contributed by atoms with van der Waals surface area (Å²) in [5.74, 6) is 0. The van der Waals surface area contributed by atoms with E-state index in [-0.39, 0.29) is 0 Å². The minimum atomic E-state index is 0.879. The van der Waals surface area contributed by atoms with Crippen LogP contribution in [0.5, 0.6) is 0 Å². The second-order valence-corrected chi connectivity index (χ2v) is 5.27. The van der Waals surface area contributed by atoms with Crippen LogP contribution >= 0.6 is 22.9 Å². The summed E-state index contributed by atoms with van der Waals surface area (Å²) in [4.78, 5) is 1.34. The van der Waals surface area contributed by atoms with Gasteiger partial charge in [-0.1, -0.05) is 18.2 Å². The molecule has 0 radical (unpaired) electrons. The molecule has 0 unspecified atom stereocenters. The first kappa shape index (κ1) is 9.81. The van der Waals surface area contributed by atoms with Crippen molar-refractivity contribution in [2.75, 3.05) is 5.32 Å². The molecule has 3 aromatic rings. The van der Waals surface area contributed by atoms with Crippen LogP contribution in [-0.4, -0.2) is 4.37 Å². The van der Waals surface area contributed by atoms with Crippen molar-refractivity contribution < 1.29 is 0 Å². The molecule has 2 nitrogen and oxygen atoms in total. The quantitative estimate of drug-likeness (QED) is 0.756. The van der Waals surface area contributed by atoms with Crippen molar-refractivity contribution >= 4 is 38.8 Å². The first-order valence-corrected chi connectivity index (χ1v) is 6.69. The number of aromatic nitrogens is 1. The molecule has 2 aromatic heterocycles. The van der Waals surface area contributed by atoms with Gasteiger partial charge in [0.15, 0.2) is 0 Å². The van der Waals surface area contributed by atoms with Gasteiger partial charge in [-0.15, -0.1) is 11.3 Å². The molecular weight excluding hydrogens is 236 g/mol. The van der Waals surface area contributed by atoms with E-state index in [1.165, 1.54) is 21.8 Å². The number of hydrogen-bond donors (Lipinski definition) is 1. The van der Waals surface area contributed by atoms with Gasteiger partial charge in [0.05, 0.1) is 12.1 Å². The SMILES string of the molecule is c1csc(CNc2snc3ccccc23)c1. The molecule has 0 atom stereocenters. The van der Waals surface area contributed by atoms with Crippen molar-refractivity contribution in [1.29, 1.82) is 0 Å². The lowest BCUT2D eigenvalue weighted by atomic mass is 10.2. The third kappa shape index (κ3) is 1.81. The Labute approximate surface area is 102 Å². The van der Waals surface area contributed by atoms with E-state index in [0.717, 1.165) is 17.1 Å². The summed E-state index contributed by atoms with van der Waals surface area (Å²) in [6, 6.07) is 12.4. The van der Waals surface area contributed by atoms with Gasteiger partial charge in [0.25, 0.3) is 0 Å². The topological polar surface area (TPSA) is 24.9 Å². The molecule has 0 fully saturated rings. The summed E-state index contributed by atoms with van der Waals surface area (Å²) in [5.41, 5.74) is 1.07. The van der Waals surface area contributed by atoms with Gasteiger partial charge < -0.3 is 5.32 Å². The van der Waals surface area contributed by atoms with Gasteiger partial charge in [-0.2, -0.15) is 4.37 Å². The number of nitrogens with one attached hydrogen (secondary N) is 1. The average Bonchev–Trinajstić information content (AvgIpc) is 2.96. The number of benzene rings is 1. The van der Waals surface area contributed by atoms with E-state index in [4.69, 9.17) is 0 Å². The summed E-state index contributed by atoms with van der Waals surface area (Å²) < 4.78 is 4.40. The van der Waals surface area contributed by atoms with Gasteiger partial charge in [-0.25, -0.2) is 0 Å². The van der Waals surface area contributed by atoms with Crippen molar-refractivity contribution in [3.63, 3.8) is 0 Å². The molecule has 3 rings (SSSR count). The molecule has 0 bridgehead atoms. The molecule has 0 saturated heterocycles. The van der Waals surface area contributed by atoms with Crippen LogP contribution in [0.15, 0.2) is 41.8 Å². The second-order valence-electron chi connectivity index (χ2n) is 3.46. The fourth-order valence-electron chi connectivity index (χ4n) is 1.60. The number of rotatable bonds is 3. The monoisotopic (exact) mass is 246 g/mol. The van der Waals surface area contributed by atoms with Gasteiger partial charge in [-0.3, -0.25) is 0 Å². The molecule has 0 saturated carbocycles. The maximum Gasteiger partial charge on any atom is 0.117 e. The van der Waals surface area contributed by atoms with Crippen molar-refractivity contribution in [2.24, 2.45) is 0 Å². The fraction of sp³-hybridized carbons (Fsp3) is 0.0833. The summed E-state index contributed by atoms with van der Waals surface area (Å²) in [6.45, 7) is 0.879. The lowest BCUT2D eigenvalue weighted by molar-refractivity contribution is 1.21. The second kappa shape index (κ2) is 4.23. The van der Waals surface area contributed by atoms with Gasteiger partial charge in [0.2, 0.25) is 0 Å². The Hall–Kier alpha value is -1.39. The normalized spacial score (nSPS) is 10.8. The number of hydrogen-bond acceptors (Lipinski definition) is 4. The molecule has 0 amide bonds. The highest BCUT2D eigenvalue weighted by atomic mass is 32.1. The number of anilines is 1. The molecule has 80 valence electrons. The van der Waals surface area contributed by atoms with Crippen LogP contribution in [0.2, 0.25) is 0 Å². The summed E-state index contributed by atoms with van der Waals surface area (Å²) in [5, 5.41) is 7.90. The lowest BCUT2D eigenvalue weighted by Gasteiger charge is -2.00. The zero-order valence-electron chi connectivity index (χ0n) is 8.51. The number of thiophene rings is 1. The van der Waals surface area contributed by atoms with E-state index in [1.807, 2.05) is 18.2 Å². The molecule has 1 aromatic carbocycles. The minimum absolute atomic E-state index is 0.879. The van der Waals surface area contributed by atoms with Gasteiger partial charge >= 0.3 is 0 Å². The molecule has 4 heteroatoms. The van der Waals surface area contributed by atoms with Crippen LogP contribution in [-0.2, 0) is 6.54 Å². The average molecular weight is 246 g/mol. The largest absolute Gasteiger partial charge is 0.370 e. The Morgan fingerprint density at radius 3 is 2.94 bits per heavy atom. The van der Waals surface area contributed by atoms with Gasteiger partial charge in [0, 0.05) is 10.3 Å². The Morgan fingerprint density at radius 1 is 1.12 bits per heavy atom.